The lowest BCUT2D eigenvalue weighted by molar-refractivity contribution is -0.142. The summed E-state index contributed by atoms with van der Waals surface area (Å²) in [5.74, 6) is 0.380. The van der Waals surface area contributed by atoms with E-state index in [4.69, 9.17) is 21.1 Å². The monoisotopic (exact) mass is 320 g/mol. The second-order valence-corrected chi connectivity index (χ2v) is 4.35. The lowest BCUT2D eigenvalue weighted by Crippen LogP contribution is -2.08. The van der Waals surface area contributed by atoms with Crippen molar-refractivity contribution in [1.82, 2.24) is 0 Å². The first-order valence-electron chi connectivity index (χ1n) is 5.19. The van der Waals surface area contributed by atoms with Crippen LogP contribution in [0.1, 0.15) is 18.1 Å². The summed E-state index contributed by atoms with van der Waals surface area (Å²) in [5.41, 5.74) is 1.74. The van der Waals surface area contributed by atoms with Crippen molar-refractivity contribution in [1.29, 1.82) is 0 Å². The molecule has 0 saturated carbocycles. The molecule has 0 aliphatic heterocycles. The molecular weight excluding hydrogens is 307 g/mol. The summed E-state index contributed by atoms with van der Waals surface area (Å²) in [6, 6.07) is 3.61. The molecule has 0 bridgehead atoms. The number of carbonyl (C=O) groups is 1. The molecular formula is C12H14BrClO3. The molecule has 94 valence electrons. The van der Waals surface area contributed by atoms with Crippen LogP contribution in [0.2, 0.25) is 5.02 Å². The predicted molar refractivity (Wildman–Crippen MR) is 71.0 cm³/mol. The Morgan fingerprint density at radius 1 is 1.47 bits per heavy atom. The average molecular weight is 322 g/mol. The quantitative estimate of drug-likeness (QED) is 0.616. The molecule has 0 spiro atoms. The van der Waals surface area contributed by atoms with Gasteiger partial charge in [-0.15, -0.1) is 0 Å². The fourth-order valence-electron chi connectivity index (χ4n) is 1.52. The normalized spacial score (nSPS) is 10.1. The minimum absolute atomic E-state index is 0.220. The number of methoxy groups -OCH3 is 1. The lowest BCUT2D eigenvalue weighted by atomic mass is 10.1. The molecule has 0 aliphatic rings. The number of hydrogen-bond acceptors (Lipinski definition) is 3. The molecule has 0 aromatic heterocycles. The van der Waals surface area contributed by atoms with E-state index < -0.39 is 0 Å². The lowest BCUT2D eigenvalue weighted by Gasteiger charge is -2.11. The Labute approximate surface area is 114 Å². The molecule has 0 N–H and O–H groups in total. The third-order valence-electron chi connectivity index (χ3n) is 2.18. The average Bonchev–Trinajstić information content (AvgIpc) is 2.28. The smallest absolute Gasteiger partial charge is 0.310 e. The molecule has 0 atom stereocenters. The van der Waals surface area contributed by atoms with Crippen LogP contribution in [0.3, 0.4) is 0 Å². The molecule has 0 aliphatic carbocycles. The van der Waals surface area contributed by atoms with Gasteiger partial charge in [-0.1, -0.05) is 33.6 Å². The number of carbonyl (C=O) groups excluding carboxylic acids is 1. The maximum absolute atomic E-state index is 11.4. The molecule has 0 unspecified atom stereocenters. The van der Waals surface area contributed by atoms with E-state index in [0.717, 1.165) is 11.1 Å². The van der Waals surface area contributed by atoms with E-state index in [-0.39, 0.29) is 12.4 Å². The zero-order valence-electron chi connectivity index (χ0n) is 9.76. The summed E-state index contributed by atoms with van der Waals surface area (Å²) >= 11 is 9.44. The molecule has 0 saturated heterocycles. The number of alkyl halides is 1. The number of esters is 1. The van der Waals surface area contributed by atoms with Gasteiger partial charge in [-0.25, -0.2) is 0 Å². The highest BCUT2D eigenvalue weighted by atomic mass is 79.9. The van der Waals surface area contributed by atoms with E-state index in [1.807, 2.05) is 6.07 Å². The Kier molecular flexibility index (Phi) is 5.78. The third kappa shape index (κ3) is 3.89. The Balaban J connectivity index is 2.95. The number of hydrogen-bond donors (Lipinski definition) is 0. The predicted octanol–water partition coefficient (Wildman–Crippen LogP) is 3.35. The van der Waals surface area contributed by atoms with Crippen molar-refractivity contribution in [2.24, 2.45) is 0 Å². The SMILES string of the molecule is CCOC(=O)Cc1cc(Cl)c(OC)c(CBr)c1. The fourth-order valence-corrected chi connectivity index (χ4v) is 2.28. The van der Waals surface area contributed by atoms with Crippen LogP contribution < -0.4 is 4.74 Å². The molecule has 3 nitrogen and oxygen atoms in total. The Morgan fingerprint density at radius 3 is 2.71 bits per heavy atom. The van der Waals surface area contributed by atoms with Gasteiger partial charge in [0.05, 0.1) is 25.2 Å². The molecule has 1 aromatic rings. The zero-order valence-corrected chi connectivity index (χ0v) is 12.1. The summed E-state index contributed by atoms with van der Waals surface area (Å²) in [6.07, 6.45) is 0.220. The van der Waals surface area contributed by atoms with Crippen molar-refractivity contribution < 1.29 is 14.3 Å². The maximum atomic E-state index is 11.4. The van der Waals surface area contributed by atoms with Crippen LogP contribution in [0.15, 0.2) is 12.1 Å². The van der Waals surface area contributed by atoms with Crippen molar-refractivity contribution in [3.8, 4) is 5.75 Å². The van der Waals surface area contributed by atoms with Crippen LogP contribution in [0.4, 0.5) is 0 Å². The first kappa shape index (κ1) is 14.3. The highest BCUT2D eigenvalue weighted by Gasteiger charge is 2.12. The van der Waals surface area contributed by atoms with Crippen LogP contribution in [0.5, 0.6) is 5.75 Å². The van der Waals surface area contributed by atoms with Crippen molar-refractivity contribution >= 4 is 33.5 Å². The molecule has 0 radical (unpaired) electrons. The summed E-state index contributed by atoms with van der Waals surface area (Å²) in [5, 5.41) is 1.12. The Morgan fingerprint density at radius 2 is 2.18 bits per heavy atom. The molecule has 5 heteroatoms. The second-order valence-electron chi connectivity index (χ2n) is 3.39. The van der Waals surface area contributed by atoms with Crippen LogP contribution >= 0.6 is 27.5 Å². The molecule has 0 fully saturated rings. The van der Waals surface area contributed by atoms with Crippen LogP contribution in [0, 0.1) is 0 Å². The van der Waals surface area contributed by atoms with Crippen molar-refractivity contribution in [3.63, 3.8) is 0 Å². The molecule has 1 rings (SSSR count). The second kappa shape index (κ2) is 6.87. The standard InChI is InChI=1S/C12H14BrClO3/c1-3-17-11(15)6-8-4-9(7-13)12(16-2)10(14)5-8/h4-5H,3,6-7H2,1-2H3. The number of ether oxygens (including phenoxy) is 2. The molecule has 0 amide bonds. The van der Waals surface area contributed by atoms with Crippen molar-refractivity contribution in [2.75, 3.05) is 13.7 Å². The van der Waals surface area contributed by atoms with Crippen LogP contribution in [-0.4, -0.2) is 19.7 Å². The van der Waals surface area contributed by atoms with E-state index >= 15 is 0 Å². The largest absolute Gasteiger partial charge is 0.495 e. The van der Waals surface area contributed by atoms with Gasteiger partial charge in [0.25, 0.3) is 0 Å². The van der Waals surface area contributed by atoms with Gasteiger partial charge in [-0.2, -0.15) is 0 Å². The molecule has 17 heavy (non-hydrogen) atoms. The van der Waals surface area contributed by atoms with Gasteiger partial charge < -0.3 is 9.47 Å². The first-order chi connectivity index (χ1) is 8.12. The van der Waals surface area contributed by atoms with E-state index in [9.17, 15) is 4.79 Å². The van der Waals surface area contributed by atoms with E-state index in [1.165, 1.54) is 0 Å². The molecule has 0 heterocycles. The van der Waals surface area contributed by atoms with Gasteiger partial charge in [0.15, 0.2) is 0 Å². The number of benzene rings is 1. The first-order valence-corrected chi connectivity index (χ1v) is 6.69. The van der Waals surface area contributed by atoms with Crippen LogP contribution in [-0.2, 0) is 21.3 Å². The van der Waals surface area contributed by atoms with Gasteiger partial charge in [-0.05, 0) is 18.6 Å². The van der Waals surface area contributed by atoms with E-state index in [2.05, 4.69) is 15.9 Å². The third-order valence-corrected chi connectivity index (χ3v) is 3.07. The number of rotatable bonds is 5. The van der Waals surface area contributed by atoms with Gasteiger partial charge in [-0.3, -0.25) is 4.79 Å². The summed E-state index contributed by atoms with van der Waals surface area (Å²) in [4.78, 5) is 11.4. The van der Waals surface area contributed by atoms with Gasteiger partial charge in [0.2, 0.25) is 0 Å². The van der Waals surface area contributed by atoms with E-state index in [0.29, 0.717) is 22.7 Å². The fraction of sp³-hybridized carbons (Fsp3) is 0.417. The van der Waals surface area contributed by atoms with E-state index in [1.54, 1.807) is 20.1 Å². The summed E-state index contributed by atoms with van der Waals surface area (Å²) in [6.45, 7) is 2.16. The number of halogens is 2. The minimum Gasteiger partial charge on any atom is -0.495 e. The molecule has 1 aromatic carbocycles. The summed E-state index contributed by atoms with van der Waals surface area (Å²) < 4.78 is 10.1. The highest BCUT2D eigenvalue weighted by Crippen LogP contribution is 2.31. The van der Waals surface area contributed by atoms with Gasteiger partial charge >= 0.3 is 5.97 Å². The van der Waals surface area contributed by atoms with Crippen LogP contribution in [0.25, 0.3) is 0 Å². The van der Waals surface area contributed by atoms with Gasteiger partial charge in [0, 0.05) is 10.9 Å². The summed E-state index contributed by atoms with van der Waals surface area (Å²) in [7, 11) is 1.57. The minimum atomic E-state index is -0.255. The van der Waals surface area contributed by atoms with Crippen molar-refractivity contribution in [2.45, 2.75) is 18.7 Å². The maximum Gasteiger partial charge on any atom is 0.310 e. The topological polar surface area (TPSA) is 35.5 Å². The Bertz CT molecular complexity index is 407. The highest BCUT2D eigenvalue weighted by molar-refractivity contribution is 9.08. The Hall–Kier alpha value is -0.740. The van der Waals surface area contributed by atoms with Gasteiger partial charge in [0.1, 0.15) is 5.75 Å². The zero-order chi connectivity index (χ0) is 12.8. The van der Waals surface area contributed by atoms with Crippen molar-refractivity contribution in [3.05, 3.63) is 28.3 Å².